The van der Waals surface area contributed by atoms with E-state index in [1.807, 2.05) is 6.20 Å². The van der Waals surface area contributed by atoms with Crippen LogP contribution in [0.15, 0.2) is 170 Å². The van der Waals surface area contributed by atoms with Gasteiger partial charge in [0.15, 0.2) is 0 Å². The van der Waals surface area contributed by atoms with E-state index in [9.17, 15) is 0 Å². The number of pyridine rings is 1. The molecule has 3 heterocycles. The van der Waals surface area contributed by atoms with E-state index < -0.39 is 0 Å². The second-order valence-electron chi connectivity index (χ2n) is 24.8. The largest absolute Gasteiger partial charge is 0.457 e. The third kappa shape index (κ3) is 9.19. The SMILES string of the molecule is CC(C)(C)c1cc(N2CN(c3cc(Oc4ccc5c6cc(-c7ccccc7)ccc6n(-c6cc(C(C)(C)C)ccn6)c5c4)cc(C(C)(C)c4ccccc4)c3)c3ccc(C(C)(C)C)cc32)cc(C(C)(C)C)c1. The zero-order valence-corrected chi connectivity index (χ0v) is 45.1. The Kier molecular flexibility index (Phi) is 11.8. The molecule has 1 aliphatic rings. The van der Waals surface area contributed by atoms with Crippen LogP contribution in [0.1, 0.15) is 130 Å². The van der Waals surface area contributed by atoms with Gasteiger partial charge in [-0.05, 0) is 139 Å². The van der Waals surface area contributed by atoms with Crippen LogP contribution >= 0.6 is 0 Å². The highest BCUT2D eigenvalue weighted by molar-refractivity contribution is 6.10. The summed E-state index contributed by atoms with van der Waals surface area (Å²) < 4.78 is 9.52. The summed E-state index contributed by atoms with van der Waals surface area (Å²) in [5, 5.41) is 2.32. The van der Waals surface area contributed by atoms with Gasteiger partial charge in [-0.2, -0.15) is 0 Å². The molecule has 0 spiro atoms. The Morgan fingerprint density at radius 1 is 0.389 bits per heavy atom. The van der Waals surface area contributed by atoms with E-state index in [0.717, 1.165) is 39.4 Å². The number of rotatable bonds is 8. The second-order valence-corrected chi connectivity index (χ2v) is 24.8. The number of hydrogen-bond donors (Lipinski definition) is 0. The lowest BCUT2D eigenvalue weighted by Crippen LogP contribution is -2.26. The molecule has 10 rings (SSSR count). The number of aromatic nitrogens is 2. The van der Waals surface area contributed by atoms with Crippen LogP contribution in [-0.2, 0) is 27.1 Å². The van der Waals surface area contributed by atoms with Crippen molar-refractivity contribution in [1.82, 2.24) is 9.55 Å². The summed E-state index contributed by atoms with van der Waals surface area (Å²) in [7, 11) is 0. The quantitative estimate of drug-likeness (QED) is 0.152. The molecule has 0 saturated carbocycles. The summed E-state index contributed by atoms with van der Waals surface area (Å²) in [5.74, 6) is 2.42. The van der Waals surface area contributed by atoms with E-state index in [0.29, 0.717) is 6.67 Å². The van der Waals surface area contributed by atoms with Crippen molar-refractivity contribution in [3.63, 3.8) is 0 Å². The molecule has 0 atom stereocenters. The lowest BCUT2D eigenvalue weighted by molar-refractivity contribution is 0.480. The van der Waals surface area contributed by atoms with Crippen LogP contribution in [0.2, 0.25) is 0 Å². The van der Waals surface area contributed by atoms with Crippen LogP contribution < -0.4 is 14.5 Å². The fourth-order valence-electron chi connectivity index (χ4n) is 10.2. The number of fused-ring (bicyclic) bond motifs is 4. The zero-order chi connectivity index (χ0) is 51.1. The fraction of sp³-hybridized carbons (Fsp3) is 0.299. The average Bonchev–Trinajstić information content (AvgIpc) is 3.88. The molecule has 72 heavy (non-hydrogen) atoms. The summed E-state index contributed by atoms with van der Waals surface area (Å²) in [6, 6.07) is 60.4. The minimum Gasteiger partial charge on any atom is -0.457 e. The van der Waals surface area contributed by atoms with Crippen molar-refractivity contribution in [3.8, 4) is 28.4 Å². The lowest BCUT2D eigenvalue weighted by Gasteiger charge is -2.30. The van der Waals surface area contributed by atoms with E-state index >= 15 is 0 Å². The molecule has 0 N–H and O–H groups in total. The summed E-state index contributed by atoms with van der Waals surface area (Å²) in [5.41, 5.74) is 16.3. The number of hydrogen-bond acceptors (Lipinski definition) is 4. The summed E-state index contributed by atoms with van der Waals surface area (Å²) >= 11 is 0. The van der Waals surface area contributed by atoms with Crippen LogP contribution in [-0.4, -0.2) is 16.2 Å². The molecular weight excluding hydrogens is 877 g/mol. The van der Waals surface area contributed by atoms with E-state index in [1.165, 1.54) is 67.0 Å². The van der Waals surface area contributed by atoms with Gasteiger partial charge >= 0.3 is 0 Å². The first-order chi connectivity index (χ1) is 33.9. The predicted octanol–water partition coefficient (Wildman–Crippen LogP) is 18.4. The maximum Gasteiger partial charge on any atom is 0.137 e. The number of benzene rings is 7. The first kappa shape index (κ1) is 48.5. The topological polar surface area (TPSA) is 33.5 Å². The third-order valence-corrected chi connectivity index (χ3v) is 15.0. The smallest absolute Gasteiger partial charge is 0.137 e. The minimum atomic E-state index is -0.340. The van der Waals surface area contributed by atoms with E-state index in [1.54, 1.807) is 0 Å². The molecule has 2 aromatic heterocycles. The van der Waals surface area contributed by atoms with Crippen LogP contribution in [0, 0.1) is 0 Å². The maximum absolute atomic E-state index is 7.21. The molecule has 0 amide bonds. The molecule has 9 aromatic rings. The minimum absolute atomic E-state index is 0.0233. The van der Waals surface area contributed by atoms with E-state index in [2.05, 4.69) is 275 Å². The summed E-state index contributed by atoms with van der Waals surface area (Å²) in [6.45, 7) is 32.9. The predicted molar refractivity (Wildman–Crippen MR) is 306 cm³/mol. The summed E-state index contributed by atoms with van der Waals surface area (Å²) in [6.07, 6.45) is 1.94. The third-order valence-electron chi connectivity index (χ3n) is 15.0. The standard InChI is InChI=1S/C67H72N4O/c1-63(2,3)47-26-30-59-61(39-47)70(52-35-49(65(7,8)9)34-50(36-52)66(10,11)12)43-69(59)53-37-51(67(13,14)46-23-19-16-20-24-46)38-55(41-53)72-54-27-28-56-57-33-45(44-21-17-15-18-22-44)25-29-58(57)71(60(56)42-54)62-40-48(31-32-68-62)64(4,5)6/h15-42H,43H2,1-14H3. The molecule has 5 heteroatoms. The van der Waals surface area contributed by atoms with Gasteiger partial charge in [-0.1, -0.05) is 176 Å². The zero-order valence-electron chi connectivity index (χ0n) is 45.1. The Morgan fingerprint density at radius 2 is 0.986 bits per heavy atom. The average molecular weight is 949 g/mol. The number of nitrogens with zero attached hydrogens (tertiary/aromatic N) is 4. The molecule has 0 fully saturated rings. The first-order valence-corrected chi connectivity index (χ1v) is 25.8. The van der Waals surface area contributed by atoms with Gasteiger partial charge in [-0.3, -0.25) is 4.57 Å². The van der Waals surface area contributed by atoms with Crippen LogP contribution in [0.3, 0.4) is 0 Å². The van der Waals surface area contributed by atoms with Gasteiger partial charge in [0.25, 0.3) is 0 Å². The van der Waals surface area contributed by atoms with Gasteiger partial charge in [0, 0.05) is 45.9 Å². The second kappa shape index (κ2) is 17.6. The molecule has 5 nitrogen and oxygen atoms in total. The van der Waals surface area contributed by atoms with Crippen molar-refractivity contribution in [1.29, 1.82) is 0 Å². The van der Waals surface area contributed by atoms with Gasteiger partial charge in [0.2, 0.25) is 0 Å². The fourth-order valence-corrected chi connectivity index (χ4v) is 10.2. The highest BCUT2D eigenvalue weighted by Gasteiger charge is 2.34. The van der Waals surface area contributed by atoms with Crippen molar-refractivity contribution < 1.29 is 4.74 Å². The molecule has 0 saturated heterocycles. The van der Waals surface area contributed by atoms with Crippen LogP contribution in [0.4, 0.5) is 22.7 Å². The van der Waals surface area contributed by atoms with Gasteiger partial charge in [0.05, 0.1) is 22.4 Å². The van der Waals surface area contributed by atoms with Gasteiger partial charge in [-0.25, -0.2) is 4.98 Å². The molecule has 1 aliphatic heterocycles. The van der Waals surface area contributed by atoms with Crippen LogP contribution in [0.25, 0.3) is 38.8 Å². The summed E-state index contributed by atoms with van der Waals surface area (Å²) in [4.78, 5) is 10.0. The molecule has 0 unspecified atom stereocenters. The van der Waals surface area contributed by atoms with Crippen molar-refractivity contribution in [2.75, 3.05) is 16.5 Å². The molecule has 0 radical (unpaired) electrons. The molecular formula is C67H72N4O. The first-order valence-electron chi connectivity index (χ1n) is 25.8. The molecule has 7 aromatic carbocycles. The molecule has 0 bridgehead atoms. The maximum atomic E-state index is 7.21. The Hall–Kier alpha value is -7.11. The van der Waals surface area contributed by atoms with E-state index in [-0.39, 0.29) is 27.1 Å². The van der Waals surface area contributed by atoms with E-state index in [4.69, 9.17) is 9.72 Å². The normalized spacial score (nSPS) is 13.6. The molecule has 0 aliphatic carbocycles. The Bertz CT molecular complexity index is 3450. The van der Waals surface area contributed by atoms with Gasteiger partial charge in [-0.15, -0.1) is 0 Å². The van der Waals surface area contributed by atoms with Crippen molar-refractivity contribution in [2.45, 2.75) is 124 Å². The van der Waals surface area contributed by atoms with Crippen LogP contribution in [0.5, 0.6) is 11.5 Å². The van der Waals surface area contributed by atoms with Crippen molar-refractivity contribution in [2.24, 2.45) is 0 Å². The highest BCUT2D eigenvalue weighted by Crippen LogP contribution is 2.49. The monoisotopic (exact) mass is 949 g/mol. The number of ether oxygens (including phenoxy) is 1. The Balaban J connectivity index is 1.14. The van der Waals surface area contributed by atoms with Gasteiger partial charge < -0.3 is 14.5 Å². The highest BCUT2D eigenvalue weighted by atomic mass is 16.5. The Labute approximate surface area is 429 Å². The van der Waals surface area contributed by atoms with Crippen molar-refractivity contribution >= 4 is 44.6 Å². The number of anilines is 4. The van der Waals surface area contributed by atoms with Gasteiger partial charge in [0.1, 0.15) is 24.0 Å². The Morgan fingerprint density at radius 3 is 1.64 bits per heavy atom. The van der Waals surface area contributed by atoms with Crippen molar-refractivity contribution in [3.05, 3.63) is 203 Å². The lowest BCUT2D eigenvalue weighted by atomic mass is 9.78. The molecule has 366 valence electrons.